The number of esters is 5. The van der Waals surface area contributed by atoms with E-state index in [-0.39, 0.29) is 160 Å². The molecule has 0 saturated carbocycles. The number of aromatic nitrogens is 5. The van der Waals surface area contributed by atoms with Crippen molar-refractivity contribution in [3.63, 3.8) is 0 Å². The summed E-state index contributed by atoms with van der Waals surface area (Å²) in [5.74, 6) is -6.34. The Hall–Kier alpha value is -10.7. The first-order valence-electron chi connectivity index (χ1n) is 34.5. The van der Waals surface area contributed by atoms with Crippen molar-refractivity contribution >= 4 is 170 Å². The van der Waals surface area contributed by atoms with Crippen LogP contribution in [0.15, 0.2) is 136 Å². The first-order chi connectivity index (χ1) is 55.4. The van der Waals surface area contributed by atoms with Crippen LogP contribution in [0.4, 0.5) is 16.2 Å². The van der Waals surface area contributed by atoms with Gasteiger partial charge in [-0.15, -0.1) is 0 Å². The number of aromatic hydroxyl groups is 3. The molecule has 43 heteroatoms. The number of carbonyl (C=O) groups is 6. The van der Waals surface area contributed by atoms with E-state index in [1.807, 2.05) is 31.2 Å². The van der Waals surface area contributed by atoms with E-state index < -0.39 is 69.2 Å². The van der Waals surface area contributed by atoms with Gasteiger partial charge in [-0.1, -0.05) is 117 Å². The van der Waals surface area contributed by atoms with E-state index in [1.165, 1.54) is 109 Å². The minimum atomic E-state index is -0.891. The maximum Gasteiger partial charge on any atom is 1.00 e. The van der Waals surface area contributed by atoms with Crippen molar-refractivity contribution in [2.75, 3.05) is 67.7 Å². The number of hydrogen-bond donors (Lipinski definition) is 9. The molecule has 0 bridgehead atoms. The summed E-state index contributed by atoms with van der Waals surface area (Å²) in [5, 5.41) is 58.2. The Morgan fingerprint density at radius 1 is 0.557 bits per heavy atom. The number of carbonyl (C=O) groups excluding carboxylic acids is 6. The molecule has 2 saturated heterocycles. The number of rotatable bonds is 12. The molecule has 2 fully saturated rings. The molecule has 4 aromatic heterocycles. The number of phenols is 3. The zero-order valence-electron chi connectivity index (χ0n) is 66.5. The number of benzene rings is 7. The Labute approximate surface area is 743 Å². The zero-order chi connectivity index (χ0) is 87.1. The summed E-state index contributed by atoms with van der Waals surface area (Å²) in [6, 6.07) is 25.1. The Morgan fingerprint density at radius 3 is 1.48 bits per heavy atom. The van der Waals surface area contributed by atoms with Crippen molar-refractivity contribution < 1.29 is 131 Å². The number of para-hydroxylation sites is 2. The number of nitro groups is 1. The molecule has 2 aliphatic rings. The monoisotopic (exact) mass is 1820 g/mol. The summed E-state index contributed by atoms with van der Waals surface area (Å²) >= 11 is 34.2. The molecule has 13 rings (SSSR count). The Morgan fingerprint density at radius 2 is 1.00 bits per heavy atom. The molecule has 10 N–H and O–H groups in total. The van der Waals surface area contributed by atoms with Crippen molar-refractivity contribution in [3.05, 3.63) is 219 Å². The molecule has 0 aliphatic carbocycles. The number of nitrogen functional groups attached to an aromatic ring is 1. The van der Waals surface area contributed by atoms with E-state index in [1.54, 1.807) is 37.5 Å². The number of nitrogens with one attached hydrogen (secondary N) is 3. The molecule has 35 nitrogen and oxygen atoms in total. The van der Waals surface area contributed by atoms with Crippen LogP contribution in [-0.4, -0.2) is 166 Å². The number of aliphatic hydroxyl groups is 2. The van der Waals surface area contributed by atoms with E-state index in [4.69, 9.17) is 113 Å². The van der Waals surface area contributed by atoms with Crippen molar-refractivity contribution in [1.82, 2.24) is 24.1 Å². The van der Waals surface area contributed by atoms with Crippen LogP contribution in [0, 0.1) is 10.1 Å². The van der Waals surface area contributed by atoms with E-state index in [0.717, 1.165) is 74.1 Å². The van der Waals surface area contributed by atoms with Gasteiger partial charge in [0, 0.05) is 88.2 Å². The molecule has 3 radical (unpaired) electrons. The number of nitrogens with zero attached hydrogens (tertiary/aromatic N) is 3. The van der Waals surface area contributed by atoms with Gasteiger partial charge in [0.2, 0.25) is 5.75 Å². The number of nitro benzene ring substituents is 1. The van der Waals surface area contributed by atoms with Gasteiger partial charge in [-0.3, -0.25) is 29.4 Å². The third-order valence-corrected chi connectivity index (χ3v) is 16.8. The number of imidazole rings is 1. The summed E-state index contributed by atoms with van der Waals surface area (Å²) < 4.78 is 54.5. The molecule has 659 valence electrons. The number of fused-ring (bicyclic) bond motifs is 4. The Balaban J connectivity index is 0. The van der Waals surface area contributed by atoms with Gasteiger partial charge in [0.15, 0.2) is 22.5 Å². The number of aliphatic hydroxyl groups excluding tert-OH is 2. The number of ether oxygens (including phenoxy) is 8. The van der Waals surface area contributed by atoms with Crippen LogP contribution >= 0.6 is 69.6 Å². The van der Waals surface area contributed by atoms with E-state index in [2.05, 4.69) is 33.9 Å². The van der Waals surface area contributed by atoms with Crippen LogP contribution in [-0.2, 0) is 55.9 Å². The Kier molecular flexibility index (Phi) is 49.2. The number of methoxy groups -OCH3 is 5. The molecule has 11 aromatic rings. The fourth-order valence-corrected chi connectivity index (χ4v) is 11.6. The van der Waals surface area contributed by atoms with Gasteiger partial charge in [-0.25, -0.2) is 43.2 Å². The fourth-order valence-electron chi connectivity index (χ4n) is 10.3. The minimum Gasteiger partial charge on any atom is -1.00 e. The van der Waals surface area contributed by atoms with Crippen LogP contribution in [0.1, 0.15) is 155 Å². The van der Waals surface area contributed by atoms with Crippen LogP contribution in [0.25, 0.3) is 44.3 Å². The Bertz CT molecular complexity index is 5540. The average molecular weight is 1820 g/mol. The summed E-state index contributed by atoms with van der Waals surface area (Å²) in [4.78, 5) is 131. The van der Waals surface area contributed by atoms with Crippen molar-refractivity contribution in [3.8, 4) is 17.2 Å². The molecule has 2 aliphatic heterocycles. The number of hydrogen-bond acceptors (Lipinski definition) is 29. The second kappa shape index (κ2) is 53.9. The molecule has 6 heterocycles. The zero-order valence-corrected chi connectivity index (χ0v) is 70.0. The predicted molar refractivity (Wildman–Crippen MR) is 459 cm³/mol. The quantitative estimate of drug-likeness (QED) is 0.0104. The standard InChI is InChI=1S/C14H18N2O3.C13H14ClNO5.C9H6ClNO4.C8H6ClNO5.C8H6ClNO3.C8H8ClNO3.C8H7ClO3.2C4H8O.3CH4.B.Li.H/c1-3-6-10(9-13(17)19-2)16-12-8-5-4-7-11(12)15-14(16)18;1-13(2,3)20-12(18)15-9-5-8(14)4-7(6-16)10(9)19-11(15)17;1-14-8(12)5-2-4(10)3-6-7(5)15-9(13)11-6;1-15-8(12)5-2-4(9)3-6(7(5)11)10(13)14;9-5-1-4(3-11)7-6(2-5)10-8(12)13-7;1-13-8(12)5-2-4(9)3-6(10)7(5)11;1-12-8(11)6-4-5(9)2-3-7(6)10;2*1-2-4-5-3-1;;;;;;/h4-5,7-8,10H,3,6,9H2,1-2H3,(H,15,18);4-5,16H,6H2,1-3H3;2-3H,1H3,(H,11,13);2-3,11H,1H3;1-2,11H,3H2,(H,10,12);2-3,11H,10H2,1H3;2-4,10H,1H3;2*1-4H2;3*1H4;;;/q;;;;;;;;;;;;;+1;-1. The number of anilines is 1. The number of oxazole rings is 3. The number of halogens is 6. The van der Waals surface area contributed by atoms with E-state index >= 15 is 0 Å². The van der Waals surface area contributed by atoms with Gasteiger partial charge >= 0.3 is 83.4 Å². The van der Waals surface area contributed by atoms with Crippen LogP contribution in [0.2, 0.25) is 30.1 Å². The largest absolute Gasteiger partial charge is 1.00 e. The van der Waals surface area contributed by atoms with Gasteiger partial charge in [0.1, 0.15) is 39.1 Å². The normalized spacial score (nSPS) is 11.5. The van der Waals surface area contributed by atoms with Crippen molar-refractivity contribution in [2.24, 2.45) is 0 Å². The van der Waals surface area contributed by atoms with Crippen molar-refractivity contribution in [2.45, 2.75) is 120 Å². The smallest absolute Gasteiger partial charge is 1.00 e. The van der Waals surface area contributed by atoms with Gasteiger partial charge in [-0.2, -0.15) is 4.57 Å². The molecule has 122 heavy (non-hydrogen) atoms. The maximum absolute atomic E-state index is 12.1. The van der Waals surface area contributed by atoms with Crippen LogP contribution < -0.4 is 47.6 Å². The molecular formula is C79H94BCl6LiN7O28. The van der Waals surface area contributed by atoms with Gasteiger partial charge in [-0.05, 0) is 138 Å². The SMILES string of the molecule is C.C.C.C1CCOC1.C1CCOC1.CC(C)(C)OC(=O)n1c(=O)oc2c(CO)cc(Cl)cc21.CCCC(CC(=O)OC)n1c(=O)[nH]c2ccccc21.COC(=O)c1cc(Cl)cc(N)c1O.COC(=O)c1cc(Cl)cc([N+](=O)[O-])c1O.COC(=O)c1cc(Cl)cc2[nH]c(=O)oc12.COC(=O)c1cc(Cl)ccc1O.O=c1[nH]c2cc(Cl)cc(CO)c2o1.[B].[H-].[Li+]. The average Bonchev–Trinajstić information content (AvgIpc) is 1.62. The fraction of sp³-hybridized carbons (Fsp3) is 0.342. The second-order valence-electron chi connectivity index (χ2n) is 25.0. The topological polar surface area (TPSA) is 512 Å². The van der Waals surface area contributed by atoms with Gasteiger partial charge < -0.3 is 88.8 Å². The van der Waals surface area contributed by atoms with E-state index in [0.29, 0.717) is 42.8 Å². The van der Waals surface area contributed by atoms with Crippen molar-refractivity contribution in [1.29, 1.82) is 0 Å². The minimum absolute atomic E-state index is 0. The first kappa shape index (κ1) is 111. The van der Waals surface area contributed by atoms with Crippen LogP contribution in [0.3, 0.4) is 0 Å². The molecule has 1 atom stereocenters. The summed E-state index contributed by atoms with van der Waals surface area (Å²) in [5.41, 5.74) is 7.79. The summed E-state index contributed by atoms with van der Waals surface area (Å²) in [6.45, 7) is 10.5. The van der Waals surface area contributed by atoms with Gasteiger partial charge in [0.25, 0.3) is 0 Å². The number of H-pyrrole nitrogens is 3. The van der Waals surface area contributed by atoms with Crippen LogP contribution in [0.5, 0.6) is 17.2 Å². The summed E-state index contributed by atoms with van der Waals surface area (Å²) in [7, 11) is 6.14. The molecule has 0 amide bonds. The predicted octanol–water partition coefficient (Wildman–Crippen LogP) is 12.8. The number of nitrogens with two attached hydrogens (primary N) is 1. The van der Waals surface area contributed by atoms with E-state index in [9.17, 15) is 78.5 Å². The van der Waals surface area contributed by atoms with Gasteiger partial charge in [0.05, 0.1) is 87.9 Å². The molecular weight excluding hydrogens is 1730 g/mol. The number of aromatic amines is 3. The molecule has 1 unspecified atom stereocenters. The molecule has 0 spiro atoms. The third-order valence-electron chi connectivity index (χ3n) is 15.5. The second-order valence-corrected chi connectivity index (χ2v) is 27.6. The maximum atomic E-state index is 12.1. The summed E-state index contributed by atoms with van der Waals surface area (Å²) in [6.07, 6.45) is 6.13. The molecule has 7 aromatic carbocycles. The first-order valence-corrected chi connectivity index (χ1v) is 36.8. The number of phenolic OH excluding ortho intramolecular Hbond substituents is 3. The third kappa shape index (κ3) is 32.9.